The quantitative estimate of drug-likeness (QED) is 0.811. The average Bonchev–Trinajstić information content (AvgIpc) is 2.29. The molecular weight excluding hydrogens is 299 g/mol. The summed E-state index contributed by atoms with van der Waals surface area (Å²) in [6, 6.07) is 2.48. The lowest BCUT2D eigenvalue weighted by molar-refractivity contribution is -0.137. The molecule has 0 saturated carbocycles. The molecule has 0 aliphatic carbocycles. The van der Waals surface area contributed by atoms with E-state index in [1.807, 2.05) is 0 Å². The first kappa shape index (κ1) is 12.0. The fourth-order valence-corrected chi connectivity index (χ4v) is 1.59. The number of rotatable bonds is 1. The third kappa shape index (κ3) is 2.60. The van der Waals surface area contributed by atoms with Crippen LogP contribution >= 0.6 is 15.9 Å². The molecule has 0 aromatic carbocycles. The monoisotopic (exact) mass is 303 g/mol. The second-order valence-corrected chi connectivity index (χ2v) is 4.04. The lowest BCUT2D eigenvalue weighted by Gasteiger charge is -2.10. The molecule has 0 unspecified atom stereocenters. The van der Waals surface area contributed by atoms with Crippen molar-refractivity contribution in [3.63, 3.8) is 0 Å². The third-order valence-corrected chi connectivity index (χ3v) is 2.37. The highest BCUT2D eigenvalue weighted by Crippen LogP contribution is 2.35. The Morgan fingerprint density at radius 3 is 2.29 bits per heavy atom. The average molecular weight is 304 g/mol. The lowest BCUT2D eigenvalue weighted by Crippen LogP contribution is -2.09. The molecule has 2 rings (SSSR count). The number of nitrogens with zero attached hydrogens (tertiary/aromatic N) is 3. The zero-order valence-corrected chi connectivity index (χ0v) is 9.83. The van der Waals surface area contributed by atoms with Crippen molar-refractivity contribution >= 4 is 15.9 Å². The van der Waals surface area contributed by atoms with E-state index in [4.69, 9.17) is 0 Å². The van der Waals surface area contributed by atoms with E-state index in [1.54, 1.807) is 0 Å². The van der Waals surface area contributed by atoms with E-state index in [1.165, 1.54) is 24.7 Å². The summed E-state index contributed by atoms with van der Waals surface area (Å²) in [6.07, 6.45) is -0.481. The van der Waals surface area contributed by atoms with Gasteiger partial charge in [0.15, 0.2) is 5.82 Å². The first-order valence-electron chi connectivity index (χ1n) is 4.48. The van der Waals surface area contributed by atoms with Gasteiger partial charge in [0.1, 0.15) is 5.69 Å². The highest BCUT2D eigenvalue weighted by Gasteiger charge is 2.35. The summed E-state index contributed by atoms with van der Waals surface area (Å²) in [7, 11) is 0. The summed E-state index contributed by atoms with van der Waals surface area (Å²) in [5.74, 6) is -0.0488. The number of hydrogen-bond donors (Lipinski definition) is 0. The summed E-state index contributed by atoms with van der Waals surface area (Å²) < 4.78 is 38.6. The number of hydrogen-bond acceptors (Lipinski definition) is 3. The van der Waals surface area contributed by atoms with Crippen LogP contribution in [-0.2, 0) is 6.18 Å². The van der Waals surface area contributed by atoms with Gasteiger partial charge in [-0.1, -0.05) is 0 Å². The van der Waals surface area contributed by atoms with E-state index < -0.39 is 11.7 Å². The lowest BCUT2D eigenvalue weighted by atomic mass is 10.2. The van der Waals surface area contributed by atoms with Crippen molar-refractivity contribution in [3.8, 4) is 11.5 Å². The molecule has 0 saturated heterocycles. The normalized spacial score (nSPS) is 11.5. The van der Waals surface area contributed by atoms with E-state index >= 15 is 0 Å². The van der Waals surface area contributed by atoms with Crippen molar-refractivity contribution in [1.82, 2.24) is 15.0 Å². The summed E-state index contributed by atoms with van der Waals surface area (Å²) >= 11 is 2.96. The van der Waals surface area contributed by atoms with Crippen molar-refractivity contribution in [2.24, 2.45) is 0 Å². The smallest absolute Gasteiger partial charge is 0.251 e. The Kier molecular flexibility index (Phi) is 3.10. The zero-order chi connectivity index (χ0) is 12.5. The Morgan fingerprint density at radius 1 is 1.06 bits per heavy atom. The van der Waals surface area contributed by atoms with E-state index in [0.29, 0.717) is 0 Å². The first-order chi connectivity index (χ1) is 7.98. The number of pyridine rings is 1. The first-order valence-corrected chi connectivity index (χ1v) is 5.28. The van der Waals surface area contributed by atoms with Crippen LogP contribution in [0.5, 0.6) is 0 Å². The minimum Gasteiger partial charge on any atom is -0.251 e. The summed E-state index contributed by atoms with van der Waals surface area (Å²) in [5, 5.41) is 0. The van der Waals surface area contributed by atoms with Gasteiger partial charge in [-0.05, 0) is 28.1 Å². The molecule has 88 valence electrons. The number of alkyl halides is 3. The highest BCUT2D eigenvalue weighted by molar-refractivity contribution is 9.10. The molecule has 0 spiro atoms. The largest absolute Gasteiger partial charge is 0.418 e. The van der Waals surface area contributed by atoms with Crippen LogP contribution < -0.4 is 0 Å². The van der Waals surface area contributed by atoms with Gasteiger partial charge in [-0.3, -0.25) is 4.98 Å². The van der Waals surface area contributed by atoms with Gasteiger partial charge in [-0.2, -0.15) is 13.2 Å². The minimum atomic E-state index is -4.49. The standard InChI is InChI=1S/C10H5BrF3N3/c11-6-4-7(10(12,13)14)8(17-5-6)9-15-2-1-3-16-9/h1-5H. The number of aromatic nitrogens is 3. The predicted octanol–water partition coefficient (Wildman–Crippen LogP) is 3.32. The van der Waals surface area contributed by atoms with Crippen LogP contribution in [0.4, 0.5) is 13.2 Å². The number of halogens is 4. The molecule has 2 aromatic rings. The minimum absolute atomic E-state index is 0.0488. The Morgan fingerprint density at radius 2 is 1.71 bits per heavy atom. The van der Waals surface area contributed by atoms with Crippen LogP contribution in [0.25, 0.3) is 11.5 Å². The van der Waals surface area contributed by atoms with E-state index in [0.717, 1.165) is 6.07 Å². The summed E-state index contributed by atoms with van der Waals surface area (Å²) in [4.78, 5) is 11.3. The van der Waals surface area contributed by atoms with Crippen LogP contribution in [0.3, 0.4) is 0 Å². The van der Waals surface area contributed by atoms with Gasteiger partial charge in [0.2, 0.25) is 0 Å². The van der Waals surface area contributed by atoms with Crippen LogP contribution in [0.15, 0.2) is 35.2 Å². The maximum absolute atomic E-state index is 12.8. The van der Waals surface area contributed by atoms with E-state index in [-0.39, 0.29) is 16.0 Å². The molecule has 0 N–H and O–H groups in total. The molecule has 2 aromatic heterocycles. The SMILES string of the molecule is FC(F)(F)c1cc(Br)cnc1-c1ncccn1. The van der Waals surface area contributed by atoms with Gasteiger partial charge in [0.05, 0.1) is 5.56 Å². The molecule has 0 aliphatic heterocycles. The van der Waals surface area contributed by atoms with E-state index in [2.05, 4.69) is 30.9 Å². The molecule has 0 atom stereocenters. The second-order valence-electron chi connectivity index (χ2n) is 3.12. The van der Waals surface area contributed by atoms with Gasteiger partial charge in [0, 0.05) is 23.1 Å². The highest BCUT2D eigenvalue weighted by atomic mass is 79.9. The van der Waals surface area contributed by atoms with Crippen LogP contribution in [0.1, 0.15) is 5.56 Å². The maximum atomic E-state index is 12.8. The molecule has 0 bridgehead atoms. The molecule has 0 aliphatic rings. The predicted molar refractivity (Wildman–Crippen MR) is 58.0 cm³/mol. The molecule has 2 heterocycles. The van der Waals surface area contributed by atoms with Crippen molar-refractivity contribution in [3.05, 3.63) is 40.8 Å². The van der Waals surface area contributed by atoms with Crippen LogP contribution in [0.2, 0.25) is 0 Å². The van der Waals surface area contributed by atoms with Gasteiger partial charge >= 0.3 is 6.18 Å². The fraction of sp³-hybridized carbons (Fsp3) is 0.100. The van der Waals surface area contributed by atoms with E-state index in [9.17, 15) is 13.2 Å². The Balaban J connectivity index is 2.63. The van der Waals surface area contributed by atoms with Crippen molar-refractivity contribution in [2.45, 2.75) is 6.18 Å². The van der Waals surface area contributed by atoms with Gasteiger partial charge < -0.3 is 0 Å². The van der Waals surface area contributed by atoms with Crippen molar-refractivity contribution in [2.75, 3.05) is 0 Å². The summed E-state index contributed by atoms with van der Waals surface area (Å²) in [5.41, 5.74) is -1.14. The molecule has 3 nitrogen and oxygen atoms in total. The Bertz CT molecular complexity index is 528. The van der Waals surface area contributed by atoms with Gasteiger partial charge in [0.25, 0.3) is 0 Å². The van der Waals surface area contributed by atoms with Crippen molar-refractivity contribution in [1.29, 1.82) is 0 Å². The Hall–Kier alpha value is -1.50. The second kappa shape index (κ2) is 4.40. The zero-order valence-electron chi connectivity index (χ0n) is 8.24. The van der Waals surface area contributed by atoms with Crippen LogP contribution in [0, 0.1) is 0 Å². The molecule has 0 radical (unpaired) electrons. The van der Waals surface area contributed by atoms with Crippen LogP contribution in [-0.4, -0.2) is 15.0 Å². The molecule has 0 fully saturated rings. The molecule has 7 heteroatoms. The van der Waals surface area contributed by atoms with Crippen molar-refractivity contribution < 1.29 is 13.2 Å². The fourth-order valence-electron chi connectivity index (χ4n) is 1.25. The molecule has 17 heavy (non-hydrogen) atoms. The summed E-state index contributed by atoms with van der Waals surface area (Å²) in [6.45, 7) is 0. The molecule has 0 amide bonds. The third-order valence-electron chi connectivity index (χ3n) is 1.94. The molecular formula is C10H5BrF3N3. The van der Waals surface area contributed by atoms with Gasteiger partial charge in [-0.25, -0.2) is 9.97 Å². The van der Waals surface area contributed by atoms with Gasteiger partial charge in [-0.15, -0.1) is 0 Å². The topological polar surface area (TPSA) is 38.7 Å². The Labute approximate surface area is 103 Å². The maximum Gasteiger partial charge on any atom is 0.418 e.